The quantitative estimate of drug-likeness (QED) is 0.329. The van der Waals surface area contributed by atoms with Crippen LogP contribution in [0.3, 0.4) is 0 Å². The standard InChI is InChI=1S/C21H20Si.Hf.2H/c1-14-7-6-10-16(14)21-19-13-15-8-4-5-9-17(15)18(19)11-12-20(21)22(2)3;;;/h4-9,11-13H,10H2,1-3H3;;;/q-1;;2*-1. The van der Waals surface area contributed by atoms with Crippen molar-refractivity contribution in [3.63, 3.8) is 0 Å². The first kappa shape index (κ1) is 16.7. The van der Waals surface area contributed by atoms with Gasteiger partial charge in [0, 0.05) is 25.8 Å². The smallest absolute Gasteiger partial charge is 0.0699 e. The molecule has 0 saturated carbocycles. The van der Waals surface area contributed by atoms with Gasteiger partial charge in [0.2, 0.25) is 0 Å². The molecule has 0 spiro atoms. The fourth-order valence-electron chi connectivity index (χ4n) is 3.68. The summed E-state index contributed by atoms with van der Waals surface area (Å²) in [6.07, 6.45) is 5.65. The topological polar surface area (TPSA) is 0 Å². The Kier molecular flexibility index (Phi) is 4.66. The van der Waals surface area contributed by atoms with Crippen molar-refractivity contribution in [2.45, 2.75) is 26.4 Å². The van der Waals surface area contributed by atoms with Gasteiger partial charge in [0.1, 0.15) is 0 Å². The molecule has 1 radical (unpaired) electrons. The van der Waals surface area contributed by atoms with Crippen molar-refractivity contribution in [3.05, 3.63) is 65.8 Å². The van der Waals surface area contributed by atoms with Crippen LogP contribution in [0.4, 0.5) is 0 Å². The minimum absolute atomic E-state index is 0. The number of rotatable bonds is 2. The molecule has 3 aromatic carbocycles. The summed E-state index contributed by atoms with van der Waals surface area (Å²) in [6.45, 7) is 7.05. The molecule has 3 aromatic rings. The molecular formula is C21H22HfSi-3. The molecule has 1 aliphatic rings. The van der Waals surface area contributed by atoms with Gasteiger partial charge in [0.25, 0.3) is 0 Å². The third kappa shape index (κ3) is 2.66. The molecule has 0 unspecified atom stereocenters. The van der Waals surface area contributed by atoms with Crippen molar-refractivity contribution >= 4 is 41.1 Å². The van der Waals surface area contributed by atoms with Crippen LogP contribution in [0.1, 0.15) is 21.8 Å². The predicted octanol–water partition coefficient (Wildman–Crippen LogP) is 5.63. The van der Waals surface area contributed by atoms with E-state index >= 15 is 0 Å². The maximum Gasteiger partial charge on any atom is 0.0699 e. The van der Waals surface area contributed by atoms with Crippen LogP contribution in [0.2, 0.25) is 13.1 Å². The summed E-state index contributed by atoms with van der Waals surface area (Å²) >= 11 is 0. The average molecular weight is 481 g/mol. The second-order valence-electron chi connectivity index (χ2n) is 6.45. The van der Waals surface area contributed by atoms with Crippen molar-refractivity contribution in [1.29, 1.82) is 0 Å². The van der Waals surface area contributed by atoms with Crippen LogP contribution in [0.15, 0.2) is 60.2 Å². The third-order valence-electron chi connectivity index (χ3n) is 4.80. The molecule has 0 aliphatic heterocycles. The van der Waals surface area contributed by atoms with E-state index in [-0.39, 0.29) is 28.7 Å². The molecule has 4 rings (SSSR count). The van der Waals surface area contributed by atoms with Crippen LogP contribution in [-0.2, 0) is 25.8 Å². The van der Waals surface area contributed by atoms with Gasteiger partial charge in [-0.05, 0) is 13.3 Å². The van der Waals surface area contributed by atoms with Crippen LogP contribution >= 0.6 is 0 Å². The van der Waals surface area contributed by atoms with Gasteiger partial charge in [-0.2, -0.15) is 0 Å². The summed E-state index contributed by atoms with van der Waals surface area (Å²) in [5, 5.41) is 7.18. The Bertz CT molecular complexity index is 951. The van der Waals surface area contributed by atoms with Gasteiger partial charge < -0.3 is 2.85 Å². The second kappa shape index (κ2) is 6.41. The zero-order chi connectivity index (χ0) is 15.3. The van der Waals surface area contributed by atoms with Crippen LogP contribution in [-0.4, -0.2) is 8.80 Å². The van der Waals surface area contributed by atoms with Gasteiger partial charge >= 0.3 is 0 Å². The van der Waals surface area contributed by atoms with E-state index in [0.717, 1.165) is 6.42 Å². The number of hydrogen-bond acceptors (Lipinski definition) is 0. The average Bonchev–Trinajstić information content (AvgIpc) is 3.09. The largest absolute Gasteiger partial charge is 1.00 e. The molecule has 23 heavy (non-hydrogen) atoms. The van der Waals surface area contributed by atoms with Crippen molar-refractivity contribution in [1.82, 2.24) is 0 Å². The molecular weight excluding hydrogens is 459 g/mol. The van der Waals surface area contributed by atoms with E-state index in [2.05, 4.69) is 74.6 Å². The summed E-state index contributed by atoms with van der Waals surface area (Å²) in [6, 6.07) is 15.9. The summed E-state index contributed by atoms with van der Waals surface area (Å²) in [5.41, 5.74) is 4.49. The molecule has 0 bridgehead atoms. The minimum Gasteiger partial charge on any atom is -1.00 e. The second-order valence-corrected chi connectivity index (χ2v) is 8.99. The van der Waals surface area contributed by atoms with E-state index in [1.807, 2.05) is 0 Å². The molecule has 117 valence electrons. The SMILES string of the molecule is CC1=C(c2c([Si](C)C)ccc3c2[cH-]c2ccccc23)CC=C1.[H-].[H-].[Hf]. The molecule has 0 N–H and O–H groups in total. The number of fused-ring (bicyclic) bond motifs is 3. The van der Waals surface area contributed by atoms with Gasteiger partial charge in [-0.25, -0.2) is 0 Å². The normalized spacial score (nSPS) is 14.3. The summed E-state index contributed by atoms with van der Waals surface area (Å²) < 4.78 is 0. The molecule has 1 aliphatic carbocycles. The van der Waals surface area contributed by atoms with Crippen LogP contribution in [0.5, 0.6) is 0 Å². The van der Waals surface area contributed by atoms with Crippen molar-refractivity contribution in [2.24, 2.45) is 0 Å². The summed E-state index contributed by atoms with van der Waals surface area (Å²) in [7, 11) is -0.491. The van der Waals surface area contributed by atoms with Crippen LogP contribution in [0.25, 0.3) is 27.1 Å². The molecule has 0 fully saturated rings. The first-order valence-corrected chi connectivity index (χ1v) is 10.4. The number of benzene rings is 2. The third-order valence-corrected chi connectivity index (χ3v) is 6.30. The molecule has 2 heteroatoms. The minimum atomic E-state index is -0.491. The van der Waals surface area contributed by atoms with Crippen LogP contribution < -0.4 is 5.19 Å². The Morgan fingerprint density at radius 3 is 2.52 bits per heavy atom. The van der Waals surface area contributed by atoms with E-state index in [9.17, 15) is 0 Å². The monoisotopic (exact) mass is 482 g/mol. The van der Waals surface area contributed by atoms with Crippen LogP contribution in [0, 0.1) is 0 Å². The Morgan fingerprint density at radius 2 is 1.83 bits per heavy atom. The zero-order valence-electron chi connectivity index (χ0n) is 15.9. The molecule has 0 nitrogen and oxygen atoms in total. The van der Waals surface area contributed by atoms with E-state index in [4.69, 9.17) is 0 Å². The molecule has 0 heterocycles. The van der Waals surface area contributed by atoms with Crippen molar-refractivity contribution in [2.75, 3.05) is 0 Å². The van der Waals surface area contributed by atoms with Gasteiger partial charge in [-0.3, -0.25) is 0 Å². The Balaban J connectivity index is 0.00000104. The molecule has 0 atom stereocenters. The first-order valence-electron chi connectivity index (χ1n) is 7.95. The fourth-order valence-corrected chi connectivity index (χ4v) is 4.89. The fraction of sp³-hybridized carbons (Fsp3) is 0.190. The van der Waals surface area contributed by atoms with E-state index in [1.165, 1.54) is 38.3 Å². The predicted molar refractivity (Wildman–Crippen MR) is 103 cm³/mol. The number of hydrogen-bond donors (Lipinski definition) is 0. The maximum atomic E-state index is 2.40. The first-order chi connectivity index (χ1) is 10.7. The van der Waals surface area contributed by atoms with Gasteiger partial charge in [0.05, 0.1) is 8.80 Å². The summed E-state index contributed by atoms with van der Waals surface area (Å²) in [5.74, 6) is 0. The Hall–Kier alpha value is -1.12. The Labute approximate surface area is 161 Å². The van der Waals surface area contributed by atoms with E-state index < -0.39 is 8.80 Å². The van der Waals surface area contributed by atoms with Gasteiger partial charge in [0.15, 0.2) is 0 Å². The van der Waals surface area contributed by atoms with Gasteiger partial charge in [-0.15, -0.1) is 33.7 Å². The summed E-state index contributed by atoms with van der Waals surface area (Å²) in [4.78, 5) is 0. The number of allylic oxidation sites excluding steroid dienone is 4. The van der Waals surface area contributed by atoms with Crippen molar-refractivity contribution in [3.8, 4) is 0 Å². The molecule has 0 aromatic heterocycles. The molecule has 0 amide bonds. The van der Waals surface area contributed by atoms with E-state index in [0.29, 0.717) is 0 Å². The Morgan fingerprint density at radius 1 is 1.04 bits per heavy atom. The zero-order valence-corrected chi connectivity index (χ0v) is 18.5. The van der Waals surface area contributed by atoms with Gasteiger partial charge in [-0.1, -0.05) is 77.5 Å². The molecule has 0 saturated heterocycles. The van der Waals surface area contributed by atoms with Crippen molar-refractivity contribution < 1.29 is 28.7 Å². The van der Waals surface area contributed by atoms with E-state index in [1.54, 1.807) is 5.19 Å². The maximum absolute atomic E-state index is 2.40.